The number of nitrogens with zero attached hydrogens (tertiary/aromatic N) is 1. The first-order valence-electron chi connectivity index (χ1n) is 4.91. The molecule has 1 amide bonds. The summed E-state index contributed by atoms with van der Waals surface area (Å²) in [5.41, 5.74) is 1.92. The predicted molar refractivity (Wildman–Crippen MR) is 56.8 cm³/mol. The van der Waals surface area contributed by atoms with Crippen molar-refractivity contribution < 1.29 is 19.4 Å². The zero-order valence-electron chi connectivity index (χ0n) is 9.19. The predicted octanol–water partition coefficient (Wildman–Crippen LogP) is 1.83. The molecule has 5 nitrogen and oxygen atoms in total. The molecule has 2 rings (SSSR count). The summed E-state index contributed by atoms with van der Waals surface area (Å²) in [7, 11) is 1.53. The lowest BCUT2D eigenvalue weighted by atomic mass is 10.1. The second-order valence-electron chi connectivity index (χ2n) is 3.77. The highest BCUT2D eigenvalue weighted by molar-refractivity contribution is 5.64. The topological polar surface area (TPSA) is 59.0 Å². The van der Waals surface area contributed by atoms with E-state index in [0.717, 1.165) is 16.9 Å². The van der Waals surface area contributed by atoms with Crippen molar-refractivity contribution in [1.29, 1.82) is 0 Å². The molecule has 0 bridgehead atoms. The Morgan fingerprint density at radius 3 is 2.69 bits per heavy atom. The van der Waals surface area contributed by atoms with Gasteiger partial charge < -0.3 is 19.5 Å². The quantitative estimate of drug-likeness (QED) is 0.831. The fourth-order valence-electron chi connectivity index (χ4n) is 1.58. The van der Waals surface area contributed by atoms with E-state index in [-0.39, 0.29) is 6.79 Å². The van der Waals surface area contributed by atoms with Gasteiger partial charge in [0.05, 0.1) is 0 Å². The van der Waals surface area contributed by atoms with E-state index in [9.17, 15) is 4.79 Å². The summed E-state index contributed by atoms with van der Waals surface area (Å²) in [5.74, 6) is 1.40. The summed E-state index contributed by atoms with van der Waals surface area (Å²) >= 11 is 0. The van der Waals surface area contributed by atoms with E-state index >= 15 is 0 Å². The van der Waals surface area contributed by atoms with Gasteiger partial charge >= 0.3 is 6.09 Å². The second-order valence-corrected chi connectivity index (χ2v) is 3.77. The highest BCUT2D eigenvalue weighted by Crippen LogP contribution is 2.34. The van der Waals surface area contributed by atoms with Crippen LogP contribution < -0.4 is 9.47 Å². The number of hydrogen-bond donors (Lipinski definition) is 1. The maximum atomic E-state index is 10.7. The van der Waals surface area contributed by atoms with Crippen LogP contribution in [0.4, 0.5) is 4.79 Å². The van der Waals surface area contributed by atoms with Crippen LogP contribution in [-0.2, 0) is 6.54 Å². The minimum absolute atomic E-state index is 0.229. The summed E-state index contributed by atoms with van der Waals surface area (Å²) in [6, 6.07) is 3.70. The number of fused-ring (bicyclic) bond motifs is 1. The van der Waals surface area contributed by atoms with Gasteiger partial charge in [0.1, 0.15) is 0 Å². The Labute approximate surface area is 93.2 Å². The van der Waals surface area contributed by atoms with Gasteiger partial charge in [0, 0.05) is 13.6 Å². The number of carboxylic acid groups (broad SMARTS) is 1. The molecular formula is C11H13NO4. The maximum absolute atomic E-state index is 10.7. The number of amides is 1. The van der Waals surface area contributed by atoms with E-state index in [2.05, 4.69) is 0 Å². The first kappa shape index (κ1) is 10.6. The molecule has 1 aromatic rings. The van der Waals surface area contributed by atoms with Crippen molar-refractivity contribution in [2.24, 2.45) is 0 Å². The van der Waals surface area contributed by atoms with Crippen molar-refractivity contribution in [1.82, 2.24) is 4.90 Å². The number of aryl methyl sites for hydroxylation is 1. The van der Waals surface area contributed by atoms with Crippen LogP contribution in [0.2, 0.25) is 0 Å². The summed E-state index contributed by atoms with van der Waals surface area (Å²) in [4.78, 5) is 11.9. The molecule has 86 valence electrons. The minimum Gasteiger partial charge on any atom is -0.465 e. The van der Waals surface area contributed by atoms with Gasteiger partial charge in [-0.05, 0) is 30.2 Å². The molecule has 0 aromatic heterocycles. The van der Waals surface area contributed by atoms with Crippen molar-refractivity contribution in [2.75, 3.05) is 13.8 Å². The van der Waals surface area contributed by atoms with Gasteiger partial charge in [0.2, 0.25) is 6.79 Å². The molecule has 1 aliphatic heterocycles. The van der Waals surface area contributed by atoms with Crippen LogP contribution in [0.25, 0.3) is 0 Å². The number of ether oxygens (including phenoxy) is 2. The van der Waals surface area contributed by atoms with Gasteiger partial charge in [0.25, 0.3) is 0 Å². The SMILES string of the molecule is Cc1cc2c(cc1CN(C)C(=O)O)OCO2. The fraction of sp³-hybridized carbons (Fsp3) is 0.364. The fourth-order valence-corrected chi connectivity index (χ4v) is 1.58. The van der Waals surface area contributed by atoms with Gasteiger partial charge in [-0.3, -0.25) is 0 Å². The zero-order chi connectivity index (χ0) is 11.7. The number of benzene rings is 1. The Morgan fingerprint density at radius 2 is 2.06 bits per heavy atom. The van der Waals surface area contributed by atoms with E-state index < -0.39 is 6.09 Å². The molecule has 1 N–H and O–H groups in total. The normalized spacial score (nSPS) is 12.6. The molecule has 16 heavy (non-hydrogen) atoms. The van der Waals surface area contributed by atoms with Gasteiger partial charge in [0.15, 0.2) is 11.5 Å². The molecule has 0 spiro atoms. The molecule has 0 saturated heterocycles. The van der Waals surface area contributed by atoms with E-state index in [1.54, 1.807) is 0 Å². The van der Waals surface area contributed by atoms with Crippen LogP contribution in [0.5, 0.6) is 11.5 Å². The highest BCUT2D eigenvalue weighted by atomic mass is 16.7. The second kappa shape index (κ2) is 3.92. The third kappa shape index (κ3) is 1.88. The monoisotopic (exact) mass is 223 g/mol. The zero-order valence-corrected chi connectivity index (χ0v) is 9.19. The van der Waals surface area contributed by atoms with Crippen molar-refractivity contribution in [3.8, 4) is 11.5 Å². The molecule has 0 unspecified atom stereocenters. The molecule has 1 aliphatic rings. The van der Waals surface area contributed by atoms with Crippen molar-refractivity contribution in [2.45, 2.75) is 13.5 Å². The summed E-state index contributed by atoms with van der Waals surface area (Å²) in [6.07, 6.45) is -0.947. The molecule has 0 aliphatic carbocycles. The smallest absolute Gasteiger partial charge is 0.407 e. The Bertz CT molecular complexity index is 430. The van der Waals surface area contributed by atoms with Gasteiger partial charge in [-0.15, -0.1) is 0 Å². The lowest BCUT2D eigenvalue weighted by Gasteiger charge is -2.15. The van der Waals surface area contributed by atoms with E-state index in [1.165, 1.54) is 11.9 Å². The molecule has 5 heteroatoms. The number of carbonyl (C=O) groups is 1. The largest absolute Gasteiger partial charge is 0.465 e. The lowest BCUT2D eigenvalue weighted by Crippen LogP contribution is -2.24. The van der Waals surface area contributed by atoms with E-state index in [0.29, 0.717) is 12.3 Å². The third-order valence-electron chi connectivity index (χ3n) is 2.57. The molecular weight excluding hydrogens is 210 g/mol. The summed E-state index contributed by atoms with van der Waals surface area (Å²) in [5, 5.41) is 8.80. The van der Waals surface area contributed by atoms with E-state index in [4.69, 9.17) is 14.6 Å². The molecule has 0 radical (unpaired) electrons. The molecule has 1 heterocycles. The van der Waals surface area contributed by atoms with Crippen LogP contribution in [-0.4, -0.2) is 29.9 Å². The summed E-state index contributed by atoms with van der Waals surface area (Å²) < 4.78 is 10.5. The molecule has 1 aromatic carbocycles. The maximum Gasteiger partial charge on any atom is 0.407 e. The van der Waals surface area contributed by atoms with Crippen LogP contribution in [0.3, 0.4) is 0 Å². The van der Waals surface area contributed by atoms with Crippen LogP contribution >= 0.6 is 0 Å². The lowest BCUT2D eigenvalue weighted by molar-refractivity contribution is 0.153. The molecule has 0 saturated carbocycles. The van der Waals surface area contributed by atoms with Gasteiger partial charge in [-0.1, -0.05) is 0 Å². The van der Waals surface area contributed by atoms with Crippen molar-refractivity contribution in [3.63, 3.8) is 0 Å². The summed E-state index contributed by atoms with van der Waals surface area (Å²) in [6.45, 7) is 2.50. The Hall–Kier alpha value is -1.91. The van der Waals surface area contributed by atoms with Crippen LogP contribution in [0.1, 0.15) is 11.1 Å². The third-order valence-corrected chi connectivity index (χ3v) is 2.57. The molecule has 0 atom stereocenters. The average molecular weight is 223 g/mol. The van der Waals surface area contributed by atoms with E-state index in [1.807, 2.05) is 19.1 Å². The van der Waals surface area contributed by atoms with Crippen molar-refractivity contribution in [3.05, 3.63) is 23.3 Å². The first-order chi connectivity index (χ1) is 7.58. The Balaban J connectivity index is 2.25. The van der Waals surface area contributed by atoms with Crippen LogP contribution in [0, 0.1) is 6.92 Å². The standard InChI is InChI=1S/C11H13NO4/c1-7-3-9-10(16-6-15-9)4-8(7)5-12(2)11(13)14/h3-4H,5-6H2,1-2H3,(H,13,14). The van der Waals surface area contributed by atoms with Gasteiger partial charge in [-0.25, -0.2) is 4.79 Å². The number of hydrogen-bond acceptors (Lipinski definition) is 3. The molecule has 0 fully saturated rings. The minimum atomic E-state index is -0.947. The van der Waals surface area contributed by atoms with Crippen LogP contribution in [0.15, 0.2) is 12.1 Å². The van der Waals surface area contributed by atoms with Gasteiger partial charge in [-0.2, -0.15) is 0 Å². The van der Waals surface area contributed by atoms with Crippen molar-refractivity contribution >= 4 is 6.09 Å². The Kier molecular flexibility index (Phi) is 2.60. The first-order valence-corrected chi connectivity index (χ1v) is 4.91. The highest BCUT2D eigenvalue weighted by Gasteiger charge is 2.17. The average Bonchev–Trinajstić information content (AvgIpc) is 2.65. The Morgan fingerprint density at radius 1 is 1.44 bits per heavy atom. The number of rotatable bonds is 2.